The van der Waals surface area contributed by atoms with Crippen molar-refractivity contribution in [1.29, 1.82) is 0 Å². The summed E-state index contributed by atoms with van der Waals surface area (Å²) in [6, 6.07) is 4.62. The molecule has 0 atom stereocenters. The highest BCUT2D eigenvalue weighted by Crippen LogP contribution is 2.39. The summed E-state index contributed by atoms with van der Waals surface area (Å²) in [7, 11) is 0. The van der Waals surface area contributed by atoms with E-state index >= 15 is 0 Å². The maximum atomic E-state index is 13.9. The first-order valence-electron chi connectivity index (χ1n) is 7.30. The van der Waals surface area contributed by atoms with Gasteiger partial charge in [-0.3, -0.25) is 4.79 Å². The van der Waals surface area contributed by atoms with E-state index in [2.05, 4.69) is 10.6 Å². The average Bonchev–Trinajstić information content (AvgIpc) is 3.21. The summed E-state index contributed by atoms with van der Waals surface area (Å²) in [5.74, 6) is -0.0533. The quantitative estimate of drug-likeness (QED) is 0.835. The van der Waals surface area contributed by atoms with Crippen molar-refractivity contribution in [3.8, 4) is 0 Å². The lowest BCUT2D eigenvalue weighted by Gasteiger charge is -2.26. The number of nitrogens with one attached hydrogen (secondary N) is 2. The summed E-state index contributed by atoms with van der Waals surface area (Å²) in [6.45, 7) is 6.71. The number of hydrogen-bond acceptors (Lipinski definition) is 2. The van der Waals surface area contributed by atoms with Crippen molar-refractivity contribution < 1.29 is 9.18 Å². The number of anilines is 1. The van der Waals surface area contributed by atoms with E-state index in [1.807, 2.05) is 20.8 Å². The second-order valence-electron chi connectivity index (χ2n) is 6.04. The molecule has 0 unspecified atom stereocenters. The zero-order valence-electron chi connectivity index (χ0n) is 12.4. The van der Waals surface area contributed by atoms with E-state index in [1.54, 1.807) is 12.1 Å². The molecule has 0 aromatic heterocycles. The Balaban J connectivity index is 2.18. The third-order valence-corrected chi connectivity index (χ3v) is 3.84. The zero-order chi connectivity index (χ0) is 14.8. The van der Waals surface area contributed by atoms with E-state index in [4.69, 9.17) is 0 Å². The van der Waals surface area contributed by atoms with E-state index in [9.17, 15) is 9.18 Å². The molecule has 110 valence electrons. The second kappa shape index (κ2) is 5.81. The van der Waals surface area contributed by atoms with Gasteiger partial charge in [-0.25, -0.2) is 4.39 Å². The second-order valence-corrected chi connectivity index (χ2v) is 6.04. The van der Waals surface area contributed by atoms with Crippen LogP contribution in [0.4, 0.5) is 10.1 Å². The summed E-state index contributed by atoms with van der Waals surface area (Å²) in [6.07, 6.45) is 3.18. The van der Waals surface area contributed by atoms with Gasteiger partial charge < -0.3 is 10.6 Å². The van der Waals surface area contributed by atoms with Crippen LogP contribution in [0.3, 0.4) is 0 Å². The lowest BCUT2D eigenvalue weighted by atomic mass is 9.98. The Morgan fingerprint density at radius 1 is 1.40 bits per heavy atom. The van der Waals surface area contributed by atoms with Gasteiger partial charge in [-0.05, 0) is 51.2 Å². The van der Waals surface area contributed by atoms with Gasteiger partial charge in [-0.15, -0.1) is 0 Å². The minimum absolute atomic E-state index is 0.208. The van der Waals surface area contributed by atoms with Gasteiger partial charge in [0.2, 0.25) is 0 Å². The van der Waals surface area contributed by atoms with Crippen LogP contribution in [0.2, 0.25) is 0 Å². The monoisotopic (exact) mass is 278 g/mol. The number of para-hydroxylation sites is 1. The molecule has 1 aromatic rings. The summed E-state index contributed by atoms with van der Waals surface area (Å²) in [4.78, 5) is 12.4. The van der Waals surface area contributed by atoms with Crippen molar-refractivity contribution in [2.45, 2.75) is 45.6 Å². The first-order valence-corrected chi connectivity index (χ1v) is 7.30. The van der Waals surface area contributed by atoms with Gasteiger partial charge >= 0.3 is 0 Å². The highest BCUT2D eigenvalue weighted by molar-refractivity contribution is 6.00. The lowest BCUT2D eigenvalue weighted by Crippen LogP contribution is -2.45. The Morgan fingerprint density at radius 3 is 2.70 bits per heavy atom. The summed E-state index contributed by atoms with van der Waals surface area (Å²) < 4.78 is 13.9. The molecule has 1 aliphatic carbocycles. The molecule has 4 heteroatoms. The van der Waals surface area contributed by atoms with Gasteiger partial charge in [-0.2, -0.15) is 0 Å². The van der Waals surface area contributed by atoms with E-state index in [1.165, 1.54) is 6.07 Å². The minimum atomic E-state index is -0.379. The van der Waals surface area contributed by atoms with Gasteiger partial charge in [0, 0.05) is 12.1 Å². The number of rotatable bonds is 6. The maximum absolute atomic E-state index is 13.9. The molecular weight excluding hydrogens is 255 g/mol. The van der Waals surface area contributed by atoms with Crippen LogP contribution in [0.15, 0.2) is 18.2 Å². The van der Waals surface area contributed by atoms with Gasteiger partial charge in [0.15, 0.2) is 0 Å². The number of halogens is 1. The molecular formula is C16H23FN2O. The fourth-order valence-electron chi connectivity index (χ4n) is 2.41. The molecule has 1 saturated carbocycles. The van der Waals surface area contributed by atoms with Gasteiger partial charge in [0.05, 0.1) is 11.3 Å². The summed E-state index contributed by atoms with van der Waals surface area (Å²) in [5, 5.41) is 6.04. The molecule has 1 aromatic carbocycles. The zero-order valence-corrected chi connectivity index (χ0v) is 12.4. The number of hydrogen-bond donors (Lipinski definition) is 2. The van der Waals surface area contributed by atoms with Crippen LogP contribution < -0.4 is 10.6 Å². The first-order chi connectivity index (χ1) is 9.45. The fraction of sp³-hybridized carbons (Fsp3) is 0.562. The lowest BCUT2D eigenvalue weighted by molar-refractivity contribution is 0.0904. The first kappa shape index (κ1) is 14.8. The van der Waals surface area contributed by atoms with Gasteiger partial charge in [0.1, 0.15) is 5.82 Å². The van der Waals surface area contributed by atoms with Crippen molar-refractivity contribution in [3.63, 3.8) is 0 Å². The molecule has 1 aliphatic rings. The third-order valence-electron chi connectivity index (χ3n) is 3.84. The Morgan fingerprint density at radius 2 is 2.10 bits per heavy atom. The minimum Gasteiger partial charge on any atom is -0.382 e. The highest BCUT2D eigenvalue weighted by Gasteiger charge is 2.39. The standard InChI is InChI=1S/C16H23FN2O/c1-4-10-18-14-12(6-5-7-13(14)17)15(20)19-16(2,3)11-8-9-11/h5-7,11,18H,4,8-10H2,1-3H3,(H,19,20). The number of carbonyl (C=O) groups is 1. The molecule has 3 nitrogen and oxygen atoms in total. The number of benzene rings is 1. The van der Waals surface area contributed by atoms with Crippen molar-refractivity contribution in [3.05, 3.63) is 29.6 Å². The van der Waals surface area contributed by atoms with Crippen LogP contribution in [0.25, 0.3) is 0 Å². The maximum Gasteiger partial charge on any atom is 0.253 e. The van der Waals surface area contributed by atoms with Crippen LogP contribution in [0, 0.1) is 11.7 Å². The Kier molecular flexibility index (Phi) is 4.31. The molecule has 0 spiro atoms. The highest BCUT2D eigenvalue weighted by atomic mass is 19.1. The van der Waals surface area contributed by atoms with Crippen LogP contribution in [-0.2, 0) is 0 Å². The van der Waals surface area contributed by atoms with Crippen LogP contribution in [0.5, 0.6) is 0 Å². The van der Waals surface area contributed by atoms with Crippen molar-refractivity contribution >= 4 is 11.6 Å². The topological polar surface area (TPSA) is 41.1 Å². The van der Waals surface area contributed by atoms with Crippen molar-refractivity contribution in [1.82, 2.24) is 5.32 Å². The molecule has 0 heterocycles. The molecule has 0 saturated heterocycles. The van der Waals surface area contributed by atoms with Crippen molar-refractivity contribution in [2.75, 3.05) is 11.9 Å². The molecule has 1 amide bonds. The Bertz CT molecular complexity index is 495. The molecule has 0 aliphatic heterocycles. The van der Waals surface area contributed by atoms with Crippen molar-refractivity contribution in [2.24, 2.45) is 5.92 Å². The van der Waals surface area contributed by atoms with E-state index in [0.717, 1.165) is 19.3 Å². The van der Waals surface area contributed by atoms with E-state index in [-0.39, 0.29) is 17.3 Å². The largest absolute Gasteiger partial charge is 0.382 e. The third kappa shape index (κ3) is 3.30. The van der Waals surface area contributed by atoms with Crippen LogP contribution >= 0.6 is 0 Å². The SMILES string of the molecule is CCCNc1c(F)cccc1C(=O)NC(C)(C)C1CC1. The molecule has 0 bridgehead atoms. The number of amides is 1. The fourth-order valence-corrected chi connectivity index (χ4v) is 2.41. The molecule has 20 heavy (non-hydrogen) atoms. The Labute approximate surface area is 120 Å². The summed E-state index contributed by atoms with van der Waals surface area (Å²) in [5.41, 5.74) is 0.455. The summed E-state index contributed by atoms with van der Waals surface area (Å²) >= 11 is 0. The smallest absolute Gasteiger partial charge is 0.253 e. The van der Waals surface area contributed by atoms with E-state index in [0.29, 0.717) is 23.7 Å². The van der Waals surface area contributed by atoms with Crippen LogP contribution in [-0.4, -0.2) is 18.0 Å². The molecule has 1 fully saturated rings. The van der Waals surface area contributed by atoms with Gasteiger partial charge in [-0.1, -0.05) is 13.0 Å². The molecule has 0 radical (unpaired) electrons. The Hall–Kier alpha value is -1.58. The van der Waals surface area contributed by atoms with Gasteiger partial charge in [0.25, 0.3) is 5.91 Å². The van der Waals surface area contributed by atoms with E-state index < -0.39 is 0 Å². The molecule has 2 rings (SSSR count). The van der Waals surface area contributed by atoms with Crippen LogP contribution in [0.1, 0.15) is 50.4 Å². The molecule has 2 N–H and O–H groups in total. The predicted octanol–water partition coefficient (Wildman–Crippen LogP) is 3.57. The number of carbonyl (C=O) groups excluding carboxylic acids is 1. The predicted molar refractivity (Wildman–Crippen MR) is 79.4 cm³/mol. The normalized spacial score (nSPS) is 15.0. The average molecular weight is 278 g/mol.